The molecular formula is C13H11F3N6O. The molecule has 0 radical (unpaired) electrons. The van der Waals surface area contributed by atoms with Crippen LogP contribution in [0.25, 0.3) is 10.9 Å². The number of rotatable bonds is 3. The van der Waals surface area contributed by atoms with E-state index in [0.29, 0.717) is 5.52 Å². The molecule has 23 heavy (non-hydrogen) atoms. The van der Waals surface area contributed by atoms with E-state index in [-0.39, 0.29) is 11.2 Å². The van der Waals surface area contributed by atoms with Crippen molar-refractivity contribution in [3.8, 4) is 0 Å². The highest BCUT2D eigenvalue weighted by molar-refractivity contribution is 6.01. The minimum absolute atomic E-state index is 0.0306. The monoisotopic (exact) mass is 324 g/mol. The number of carbonyl (C=O) groups excluding carboxylic acids is 1. The highest BCUT2D eigenvalue weighted by atomic mass is 19.4. The number of aromatic amines is 1. The van der Waals surface area contributed by atoms with Crippen LogP contribution in [0.1, 0.15) is 18.5 Å². The molecule has 0 bridgehead atoms. The first kappa shape index (κ1) is 15.0. The van der Waals surface area contributed by atoms with Crippen molar-refractivity contribution in [2.24, 2.45) is 0 Å². The summed E-state index contributed by atoms with van der Waals surface area (Å²) in [7, 11) is 0. The summed E-state index contributed by atoms with van der Waals surface area (Å²) in [5.41, 5.74) is -0.423. The van der Waals surface area contributed by atoms with Crippen LogP contribution < -0.4 is 5.32 Å². The Bertz CT molecular complexity index is 839. The number of H-pyrrole nitrogens is 1. The first-order chi connectivity index (χ1) is 10.9. The number of fused-ring (bicyclic) bond motifs is 1. The van der Waals surface area contributed by atoms with Crippen LogP contribution in [0.5, 0.6) is 0 Å². The van der Waals surface area contributed by atoms with E-state index in [0.717, 1.165) is 12.1 Å². The lowest BCUT2D eigenvalue weighted by molar-refractivity contribution is -0.137. The maximum absolute atomic E-state index is 12.8. The van der Waals surface area contributed by atoms with Gasteiger partial charge in [0, 0.05) is 5.39 Å². The van der Waals surface area contributed by atoms with Gasteiger partial charge in [0.05, 0.1) is 11.1 Å². The van der Waals surface area contributed by atoms with Gasteiger partial charge in [0.15, 0.2) is 5.82 Å². The Morgan fingerprint density at radius 1 is 1.39 bits per heavy atom. The van der Waals surface area contributed by atoms with Gasteiger partial charge in [-0.3, -0.25) is 9.89 Å². The van der Waals surface area contributed by atoms with Gasteiger partial charge in [-0.1, -0.05) is 0 Å². The molecule has 0 saturated carbocycles. The normalized spacial score (nSPS) is 13.2. The number of alkyl halides is 3. The molecule has 1 unspecified atom stereocenters. The summed E-state index contributed by atoms with van der Waals surface area (Å²) in [5, 5.41) is 12.9. The Morgan fingerprint density at radius 3 is 2.83 bits per heavy atom. The van der Waals surface area contributed by atoms with Gasteiger partial charge in [-0.15, -0.1) is 0 Å². The zero-order valence-corrected chi connectivity index (χ0v) is 11.8. The third kappa shape index (κ3) is 2.87. The van der Waals surface area contributed by atoms with Crippen molar-refractivity contribution in [3.05, 3.63) is 36.4 Å². The summed E-state index contributed by atoms with van der Waals surface area (Å²) >= 11 is 0. The number of amides is 1. The summed E-state index contributed by atoms with van der Waals surface area (Å²) in [4.78, 5) is 15.9. The van der Waals surface area contributed by atoms with Gasteiger partial charge in [-0.25, -0.2) is 9.67 Å². The molecule has 2 heterocycles. The minimum atomic E-state index is -4.47. The van der Waals surface area contributed by atoms with E-state index in [1.54, 1.807) is 6.92 Å². The fourth-order valence-corrected chi connectivity index (χ4v) is 2.04. The molecular weight excluding hydrogens is 313 g/mol. The van der Waals surface area contributed by atoms with Crippen LogP contribution in [0.2, 0.25) is 0 Å². The third-order valence-corrected chi connectivity index (χ3v) is 3.34. The van der Waals surface area contributed by atoms with Crippen molar-refractivity contribution < 1.29 is 18.0 Å². The highest BCUT2D eigenvalue weighted by Gasteiger charge is 2.31. The standard InChI is InChI=1S/C13H11F3N6O/c1-7(22-6-17-5-18-22)12(23)19-11-9-4-8(13(14,15)16)2-3-10(9)20-21-11/h2-7H,1H3,(H2,19,20,21,23). The van der Waals surface area contributed by atoms with E-state index in [4.69, 9.17) is 0 Å². The molecule has 2 N–H and O–H groups in total. The molecule has 0 spiro atoms. The molecule has 7 nitrogen and oxygen atoms in total. The van der Waals surface area contributed by atoms with E-state index >= 15 is 0 Å². The molecule has 120 valence electrons. The minimum Gasteiger partial charge on any atom is -0.307 e. The van der Waals surface area contributed by atoms with Gasteiger partial charge in [-0.2, -0.15) is 23.4 Å². The molecule has 0 fully saturated rings. The summed E-state index contributed by atoms with van der Waals surface area (Å²) in [5.74, 6) is -0.440. The number of anilines is 1. The highest BCUT2D eigenvalue weighted by Crippen LogP contribution is 2.32. The average Bonchev–Trinajstić information content (AvgIpc) is 3.15. The Hall–Kier alpha value is -2.91. The van der Waals surface area contributed by atoms with Crippen molar-refractivity contribution in [1.29, 1.82) is 0 Å². The topological polar surface area (TPSA) is 88.5 Å². The largest absolute Gasteiger partial charge is 0.416 e. The number of nitrogens with one attached hydrogen (secondary N) is 2. The zero-order valence-electron chi connectivity index (χ0n) is 11.8. The van der Waals surface area contributed by atoms with Gasteiger partial charge in [0.2, 0.25) is 5.91 Å². The second-order valence-electron chi connectivity index (χ2n) is 4.87. The number of carbonyl (C=O) groups is 1. The van der Waals surface area contributed by atoms with Gasteiger partial charge in [0.1, 0.15) is 18.7 Å². The van der Waals surface area contributed by atoms with Crippen molar-refractivity contribution >= 4 is 22.6 Å². The molecule has 10 heteroatoms. The summed E-state index contributed by atoms with van der Waals surface area (Å²) in [6.07, 6.45) is -1.82. The maximum atomic E-state index is 12.8. The number of halogens is 3. The molecule has 0 saturated heterocycles. The Kier molecular flexibility index (Phi) is 3.51. The van der Waals surface area contributed by atoms with Gasteiger partial charge < -0.3 is 5.32 Å². The molecule has 1 atom stereocenters. The molecule has 0 aliphatic rings. The first-order valence-electron chi connectivity index (χ1n) is 6.56. The molecule has 2 aromatic heterocycles. The van der Waals surface area contributed by atoms with E-state index in [1.165, 1.54) is 23.4 Å². The summed E-state index contributed by atoms with van der Waals surface area (Å²) < 4.78 is 39.7. The quantitative estimate of drug-likeness (QED) is 0.774. The second-order valence-corrected chi connectivity index (χ2v) is 4.87. The second kappa shape index (κ2) is 5.38. The van der Waals surface area contributed by atoms with Gasteiger partial charge in [-0.05, 0) is 25.1 Å². The van der Waals surface area contributed by atoms with E-state index in [1.807, 2.05) is 0 Å². The fourth-order valence-electron chi connectivity index (χ4n) is 2.04. The molecule has 3 aromatic rings. The first-order valence-corrected chi connectivity index (χ1v) is 6.56. The van der Waals surface area contributed by atoms with Crippen molar-refractivity contribution in [1.82, 2.24) is 25.0 Å². The van der Waals surface area contributed by atoms with Gasteiger partial charge >= 0.3 is 6.18 Å². The maximum Gasteiger partial charge on any atom is 0.416 e. The van der Waals surface area contributed by atoms with Crippen LogP contribution in [0, 0.1) is 0 Å². The van der Waals surface area contributed by atoms with Crippen LogP contribution >= 0.6 is 0 Å². The Labute approximate surface area is 127 Å². The van der Waals surface area contributed by atoms with Crippen molar-refractivity contribution in [2.75, 3.05) is 5.32 Å². The van der Waals surface area contributed by atoms with Gasteiger partial charge in [0.25, 0.3) is 0 Å². The predicted molar refractivity (Wildman–Crippen MR) is 74.5 cm³/mol. The Balaban J connectivity index is 1.89. The number of hydrogen-bond donors (Lipinski definition) is 2. The van der Waals surface area contributed by atoms with Crippen LogP contribution in [-0.2, 0) is 11.0 Å². The predicted octanol–water partition coefficient (Wildman–Crippen LogP) is 2.37. The smallest absolute Gasteiger partial charge is 0.307 e. The molecule has 1 aromatic carbocycles. The number of aromatic nitrogens is 5. The molecule has 0 aliphatic carbocycles. The third-order valence-electron chi connectivity index (χ3n) is 3.34. The van der Waals surface area contributed by atoms with Crippen molar-refractivity contribution in [2.45, 2.75) is 19.1 Å². The van der Waals surface area contributed by atoms with Crippen LogP contribution in [-0.4, -0.2) is 30.9 Å². The van der Waals surface area contributed by atoms with Crippen molar-refractivity contribution in [3.63, 3.8) is 0 Å². The number of nitrogens with zero attached hydrogens (tertiary/aromatic N) is 4. The van der Waals surface area contributed by atoms with Crippen LogP contribution in [0.3, 0.4) is 0 Å². The Morgan fingerprint density at radius 2 is 2.17 bits per heavy atom. The molecule has 3 rings (SSSR count). The average molecular weight is 324 g/mol. The lowest BCUT2D eigenvalue weighted by Gasteiger charge is -2.11. The lowest BCUT2D eigenvalue weighted by atomic mass is 10.1. The summed E-state index contributed by atoms with van der Waals surface area (Å²) in [6.45, 7) is 1.58. The van der Waals surface area contributed by atoms with Crippen LogP contribution in [0.4, 0.5) is 19.0 Å². The summed E-state index contributed by atoms with van der Waals surface area (Å²) in [6, 6.07) is 2.47. The zero-order chi connectivity index (χ0) is 16.6. The fraction of sp³-hybridized carbons (Fsp3) is 0.231. The lowest BCUT2D eigenvalue weighted by Crippen LogP contribution is -2.24. The van der Waals surface area contributed by atoms with E-state index in [2.05, 4.69) is 25.6 Å². The SMILES string of the molecule is CC(C(=O)Nc1n[nH]c2ccc(C(F)(F)F)cc12)n1cncn1. The number of benzene rings is 1. The van der Waals surface area contributed by atoms with E-state index in [9.17, 15) is 18.0 Å². The van der Waals surface area contributed by atoms with Crippen LogP contribution in [0.15, 0.2) is 30.9 Å². The van der Waals surface area contributed by atoms with E-state index < -0.39 is 23.7 Å². The molecule has 1 amide bonds. The molecule has 0 aliphatic heterocycles. The number of hydrogen-bond acceptors (Lipinski definition) is 4.